The third kappa shape index (κ3) is 4.75. The first kappa shape index (κ1) is 31.4. The number of benzene rings is 9. The van der Waals surface area contributed by atoms with Crippen LogP contribution in [0.4, 0.5) is 17.1 Å². The first-order valence-electron chi connectivity index (χ1n) is 18.9. The minimum absolute atomic E-state index is 0.503. The Morgan fingerprint density at radius 1 is 0.382 bits per heavy atom. The fraction of sp³-hybridized carbons (Fsp3) is 0.0189. The summed E-state index contributed by atoms with van der Waals surface area (Å²) >= 11 is 0. The minimum Gasteiger partial charge on any atom is -0.456 e. The molecule has 9 aromatic carbocycles. The van der Waals surface area contributed by atoms with Gasteiger partial charge in [-0.3, -0.25) is 0 Å². The molecule has 2 nitrogen and oxygen atoms in total. The van der Waals surface area contributed by atoms with Gasteiger partial charge in [-0.15, -0.1) is 0 Å². The SMILES string of the molecule is c1ccc(C2(c3ccccc3)c3ccccc3-c3c(N(c4ccc(-c5cccc6ccccc56)cc4)c4ccc5c(c4)oc4ccccc45)cccc32)cc1. The molecule has 1 heterocycles. The van der Waals surface area contributed by atoms with Gasteiger partial charge in [0.1, 0.15) is 11.2 Å². The van der Waals surface area contributed by atoms with Gasteiger partial charge in [-0.05, 0) is 86.1 Å². The van der Waals surface area contributed by atoms with Gasteiger partial charge in [0.2, 0.25) is 0 Å². The van der Waals surface area contributed by atoms with Crippen LogP contribution in [0.25, 0.3) is 55.0 Å². The second kappa shape index (κ2) is 12.5. The molecule has 0 fully saturated rings. The smallest absolute Gasteiger partial charge is 0.137 e. The lowest BCUT2D eigenvalue weighted by Crippen LogP contribution is -2.28. The van der Waals surface area contributed by atoms with Gasteiger partial charge in [0.25, 0.3) is 0 Å². The van der Waals surface area contributed by atoms with Crippen molar-refractivity contribution in [3.63, 3.8) is 0 Å². The highest BCUT2D eigenvalue weighted by atomic mass is 16.3. The lowest BCUT2D eigenvalue weighted by Gasteiger charge is -2.34. The molecule has 1 aliphatic carbocycles. The van der Waals surface area contributed by atoms with Crippen LogP contribution in [0.1, 0.15) is 22.3 Å². The van der Waals surface area contributed by atoms with E-state index in [1.54, 1.807) is 0 Å². The Labute approximate surface area is 320 Å². The summed E-state index contributed by atoms with van der Waals surface area (Å²) in [6, 6.07) is 77.0. The van der Waals surface area contributed by atoms with Gasteiger partial charge < -0.3 is 9.32 Å². The van der Waals surface area contributed by atoms with Crippen LogP contribution in [0.5, 0.6) is 0 Å². The molecule has 0 N–H and O–H groups in total. The summed E-state index contributed by atoms with van der Waals surface area (Å²) in [4.78, 5) is 2.42. The van der Waals surface area contributed by atoms with Crippen molar-refractivity contribution in [2.75, 3.05) is 4.90 Å². The van der Waals surface area contributed by atoms with Gasteiger partial charge in [0.15, 0.2) is 0 Å². The Bertz CT molecular complexity index is 2990. The summed E-state index contributed by atoms with van der Waals surface area (Å²) in [6.45, 7) is 0. The van der Waals surface area contributed by atoms with E-state index in [1.807, 2.05) is 12.1 Å². The first-order valence-corrected chi connectivity index (χ1v) is 18.9. The molecular formula is C53H35NO. The maximum atomic E-state index is 6.50. The van der Waals surface area contributed by atoms with Gasteiger partial charge in [-0.1, -0.05) is 170 Å². The molecule has 0 atom stereocenters. The van der Waals surface area contributed by atoms with Gasteiger partial charge >= 0.3 is 0 Å². The molecule has 55 heavy (non-hydrogen) atoms. The molecule has 10 aromatic rings. The summed E-state index contributed by atoms with van der Waals surface area (Å²) in [5.41, 5.74) is 14.4. The van der Waals surface area contributed by atoms with E-state index in [2.05, 4.69) is 205 Å². The van der Waals surface area contributed by atoms with Crippen molar-refractivity contribution in [1.29, 1.82) is 0 Å². The fourth-order valence-electron chi connectivity index (χ4n) is 9.21. The highest BCUT2D eigenvalue weighted by molar-refractivity contribution is 6.07. The number of para-hydroxylation sites is 1. The van der Waals surface area contributed by atoms with E-state index >= 15 is 0 Å². The summed E-state index contributed by atoms with van der Waals surface area (Å²) in [7, 11) is 0. The van der Waals surface area contributed by atoms with Crippen LogP contribution in [-0.4, -0.2) is 0 Å². The zero-order valence-electron chi connectivity index (χ0n) is 30.1. The third-order valence-electron chi connectivity index (χ3n) is 11.5. The van der Waals surface area contributed by atoms with E-state index in [1.165, 1.54) is 55.3 Å². The van der Waals surface area contributed by atoms with Crippen molar-refractivity contribution in [3.8, 4) is 22.3 Å². The molecule has 1 aromatic heterocycles. The van der Waals surface area contributed by atoms with Crippen molar-refractivity contribution < 1.29 is 4.42 Å². The maximum absolute atomic E-state index is 6.50. The third-order valence-corrected chi connectivity index (χ3v) is 11.5. The normalized spacial score (nSPS) is 12.9. The average Bonchev–Trinajstić information content (AvgIpc) is 3.78. The number of nitrogens with zero attached hydrogens (tertiary/aromatic N) is 1. The molecule has 0 bridgehead atoms. The summed E-state index contributed by atoms with van der Waals surface area (Å²) in [6.07, 6.45) is 0. The van der Waals surface area contributed by atoms with Crippen molar-refractivity contribution >= 4 is 49.8 Å². The van der Waals surface area contributed by atoms with Gasteiger partial charge in [0, 0.05) is 33.8 Å². The van der Waals surface area contributed by atoms with E-state index in [0.717, 1.165) is 39.0 Å². The topological polar surface area (TPSA) is 16.4 Å². The Hall–Kier alpha value is -7.16. The zero-order chi connectivity index (χ0) is 36.3. The largest absolute Gasteiger partial charge is 0.456 e. The van der Waals surface area contributed by atoms with Crippen LogP contribution in [0.15, 0.2) is 217 Å². The monoisotopic (exact) mass is 701 g/mol. The van der Waals surface area contributed by atoms with E-state index in [4.69, 9.17) is 4.42 Å². The van der Waals surface area contributed by atoms with Crippen molar-refractivity contribution in [1.82, 2.24) is 0 Å². The lowest BCUT2D eigenvalue weighted by atomic mass is 9.68. The van der Waals surface area contributed by atoms with E-state index < -0.39 is 5.41 Å². The molecule has 0 saturated heterocycles. The molecule has 0 saturated carbocycles. The number of anilines is 3. The van der Waals surface area contributed by atoms with Crippen molar-refractivity contribution in [3.05, 3.63) is 235 Å². The Balaban J connectivity index is 1.17. The second-order valence-corrected chi connectivity index (χ2v) is 14.4. The van der Waals surface area contributed by atoms with Crippen LogP contribution in [0, 0.1) is 0 Å². The standard InChI is InChI=1S/C53H35NO/c1-3-17-38(18-4-1)53(39-19-5-2-6-20-39)47-25-11-9-23-46(47)52-48(53)26-14-27-49(52)54(41-33-34-45-44-22-10-12-28-50(44)55-51(45)35-41)40-31-29-37(30-32-40)43-24-13-16-36-15-7-8-21-42(36)43/h1-35H. The van der Waals surface area contributed by atoms with Crippen LogP contribution in [0.3, 0.4) is 0 Å². The predicted molar refractivity (Wildman–Crippen MR) is 229 cm³/mol. The van der Waals surface area contributed by atoms with Gasteiger partial charge in [-0.2, -0.15) is 0 Å². The van der Waals surface area contributed by atoms with Crippen LogP contribution in [0.2, 0.25) is 0 Å². The quantitative estimate of drug-likeness (QED) is 0.172. The Morgan fingerprint density at radius 3 is 1.76 bits per heavy atom. The molecule has 258 valence electrons. The molecule has 2 heteroatoms. The lowest BCUT2D eigenvalue weighted by molar-refractivity contribution is 0.669. The molecule has 0 unspecified atom stereocenters. The molecular weight excluding hydrogens is 667 g/mol. The highest BCUT2D eigenvalue weighted by Crippen LogP contribution is 2.59. The van der Waals surface area contributed by atoms with E-state index in [-0.39, 0.29) is 0 Å². The van der Waals surface area contributed by atoms with Crippen LogP contribution >= 0.6 is 0 Å². The van der Waals surface area contributed by atoms with E-state index in [9.17, 15) is 0 Å². The van der Waals surface area contributed by atoms with Crippen LogP contribution in [-0.2, 0) is 5.41 Å². The summed E-state index contributed by atoms with van der Waals surface area (Å²) < 4.78 is 6.50. The van der Waals surface area contributed by atoms with Crippen LogP contribution < -0.4 is 4.90 Å². The zero-order valence-corrected chi connectivity index (χ0v) is 30.1. The maximum Gasteiger partial charge on any atom is 0.137 e. The molecule has 0 aliphatic heterocycles. The molecule has 0 radical (unpaired) electrons. The van der Waals surface area contributed by atoms with Gasteiger partial charge in [0.05, 0.1) is 11.1 Å². The molecule has 0 amide bonds. The van der Waals surface area contributed by atoms with Gasteiger partial charge in [-0.25, -0.2) is 0 Å². The fourth-order valence-corrected chi connectivity index (χ4v) is 9.21. The van der Waals surface area contributed by atoms with Crippen molar-refractivity contribution in [2.45, 2.75) is 5.41 Å². The predicted octanol–water partition coefficient (Wildman–Crippen LogP) is 14.2. The number of fused-ring (bicyclic) bond motifs is 7. The summed E-state index contributed by atoms with van der Waals surface area (Å²) in [5, 5.41) is 4.73. The Morgan fingerprint density at radius 2 is 0.964 bits per heavy atom. The number of hydrogen-bond acceptors (Lipinski definition) is 2. The first-order chi connectivity index (χ1) is 27.3. The van der Waals surface area contributed by atoms with E-state index in [0.29, 0.717) is 0 Å². The number of rotatable bonds is 6. The Kier molecular flexibility index (Phi) is 7.11. The molecule has 1 aliphatic rings. The minimum atomic E-state index is -0.503. The number of hydrogen-bond donors (Lipinski definition) is 0. The number of furan rings is 1. The molecule has 0 spiro atoms. The molecule has 11 rings (SSSR count). The van der Waals surface area contributed by atoms with Crippen molar-refractivity contribution in [2.24, 2.45) is 0 Å². The second-order valence-electron chi connectivity index (χ2n) is 14.4. The summed E-state index contributed by atoms with van der Waals surface area (Å²) in [5.74, 6) is 0. The average molecular weight is 702 g/mol. The highest BCUT2D eigenvalue weighted by Gasteiger charge is 2.47.